The Hall–Kier alpha value is -0.513. The zero-order valence-corrected chi connectivity index (χ0v) is 18.2. The average molecular weight is 359 g/mol. The molecule has 0 aromatic heterocycles. The molecule has 0 aliphatic carbocycles. The number of hydrogen-bond acceptors (Lipinski definition) is 4. The van der Waals surface area contributed by atoms with Gasteiger partial charge in [0.2, 0.25) is 5.91 Å². The van der Waals surface area contributed by atoms with Crippen LogP contribution in [0.15, 0.2) is 0 Å². The van der Waals surface area contributed by atoms with Gasteiger partial charge >= 0.3 is 0 Å². The molecule has 0 aliphatic rings. The third kappa shape index (κ3) is 7.73. The van der Waals surface area contributed by atoms with Crippen molar-refractivity contribution in [3.05, 3.63) is 0 Å². The lowest BCUT2D eigenvalue weighted by atomic mass is 10.1. The first-order chi connectivity index (χ1) is 10.1. The van der Waals surface area contributed by atoms with Gasteiger partial charge in [-0.15, -0.1) is 11.8 Å². The van der Waals surface area contributed by atoms with Gasteiger partial charge in [0, 0.05) is 11.7 Å². The predicted octanol–water partition coefficient (Wildman–Crippen LogP) is 4.53. The van der Waals surface area contributed by atoms with E-state index in [0.717, 1.165) is 0 Å². The van der Waals surface area contributed by atoms with E-state index in [1.807, 2.05) is 6.92 Å². The number of carbonyl (C=O) groups excluding carboxylic acids is 1. The van der Waals surface area contributed by atoms with Gasteiger partial charge in [-0.2, -0.15) is 5.26 Å². The van der Waals surface area contributed by atoms with Crippen LogP contribution in [0.1, 0.15) is 55.4 Å². The second-order valence-corrected chi connectivity index (χ2v) is 15.3. The first-order valence-corrected chi connectivity index (χ1v) is 11.9. The van der Waals surface area contributed by atoms with Crippen LogP contribution in [0.3, 0.4) is 0 Å². The average Bonchev–Trinajstić information content (AvgIpc) is 2.23. The summed E-state index contributed by atoms with van der Waals surface area (Å²) in [7, 11) is -1.96. The summed E-state index contributed by atoms with van der Waals surface area (Å²) >= 11 is 1.61. The van der Waals surface area contributed by atoms with Gasteiger partial charge in [0.05, 0.1) is 17.5 Å². The Balaban J connectivity index is 5.33. The highest BCUT2D eigenvalue weighted by Crippen LogP contribution is 2.39. The fraction of sp³-hybridized carbons (Fsp3) is 0.882. The van der Waals surface area contributed by atoms with Crippen molar-refractivity contribution in [3.8, 4) is 6.07 Å². The molecule has 0 aromatic rings. The first-order valence-electron chi connectivity index (χ1n) is 8.13. The Bertz CT molecular complexity index is 447. The Morgan fingerprint density at radius 2 is 1.70 bits per heavy atom. The van der Waals surface area contributed by atoms with Crippen LogP contribution in [-0.4, -0.2) is 30.4 Å². The van der Waals surface area contributed by atoms with E-state index >= 15 is 0 Å². The van der Waals surface area contributed by atoms with E-state index in [-0.39, 0.29) is 27.2 Å². The highest BCUT2D eigenvalue weighted by molar-refractivity contribution is 8.01. The third-order valence-corrected chi connectivity index (χ3v) is 10.0. The summed E-state index contributed by atoms with van der Waals surface area (Å²) in [6, 6.07) is 2.37. The van der Waals surface area contributed by atoms with E-state index in [2.05, 4.69) is 66.0 Å². The molecule has 0 spiro atoms. The minimum Gasteiger partial charge on any atom is -0.413 e. The van der Waals surface area contributed by atoms with Gasteiger partial charge in [-0.3, -0.25) is 4.79 Å². The van der Waals surface area contributed by atoms with Crippen LogP contribution >= 0.6 is 11.8 Å². The number of amides is 1. The van der Waals surface area contributed by atoms with Crippen molar-refractivity contribution >= 4 is 26.0 Å². The Labute approximate surface area is 147 Å². The first kappa shape index (κ1) is 22.5. The van der Waals surface area contributed by atoms with E-state index < -0.39 is 14.2 Å². The minimum absolute atomic E-state index is 0.0566. The van der Waals surface area contributed by atoms with Gasteiger partial charge < -0.3 is 9.74 Å². The van der Waals surface area contributed by atoms with Crippen LogP contribution in [-0.2, 0) is 9.22 Å². The minimum atomic E-state index is -1.96. The van der Waals surface area contributed by atoms with Crippen LogP contribution in [0, 0.1) is 17.2 Å². The summed E-state index contributed by atoms with van der Waals surface area (Å²) in [5.41, 5.74) is 0. The Morgan fingerprint density at radius 3 is 2.00 bits per heavy atom. The smallest absolute Gasteiger partial charge is 0.217 e. The molecular weight excluding hydrogens is 324 g/mol. The number of carbonyl (C=O) groups is 1. The van der Waals surface area contributed by atoms with E-state index in [0.29, 0.717) is 0 Å². The summed E-state index contributed by atoms with van der Waals surface area (Å²) in [5, 5.41) is 12.4. The van der Waals surface area contributed by atoms with Crippen molar-refractivity contribution < 1.29 is 9.22 Å². The molecule has 23 heavy (non-hydrogen) atoms. The molecule has 6 heteroatoms. The molecule has 1 N–H and O–H groups in total. The van der Waals surface area contributed by atoms with Gasteiger partial charge in [0.15, 0.2) is 8.32 Å². The number of rotatable bonds is 6. The molecule has 0 aromatic carbocycles. The normalized spacial score (nSPS) is 17.1. The standard InChI is InChI=1S/C17H34N2O2SSi/c1-12(21-23(9,10)17(6,7)8)14(11-18)15(19-13(2)20)22-16(3,4)5/h12,14-15H,1-10H3,(H,19,20)/t12-,14-,15-/m1/s1. The zero-order chi connectivity index (χ0) is 18.6. The quantitative estimate of drug-likeness (QED) is 0.559. The number of nitrogens with zero attached hydrogens (tertiary/aromatic N) is 1. The second-order valence-electron chi connectivity index (χ2n) is 8.59. The van der Waals surface area contributed by atoms with E-state index in [1.54, 1.807) is 11.8 Å². The molecule has 1 amide bonds. The SMILES string of the molecule is CC(=O)N[C@H](SC(C)(C)C)[C@H](C#N)[C@@H](C)O[Si](C)(C)C(C)(C)C. The molecule has 134 valence electrons. The van der Waals surface area contributed by atoms with Gasteiger partial charge in [0.25, 0.3) is 0 Å². The predicted molar refractivity (Wildman–Crippen MR) is 102 cm³/mol. The van der Waals surface area contributed by atoms with Gasteiger partial charge in [-0.05, 0) is 25.1 Å². The summed E-state index contributed by atoms with van der Waals surface area (Å²) in [5.74, 6) is -0.510. The third-order valence-electron chi connectivity index (χ3n) is 4.09. The summed E-state index contributed by atoms with van der Waals surface area (Å²) < 4.78 is 6.33. The van der Waals surface area contributed by atoms with Crippen molar-refractivity contribution in [3.63, 3.8) is 0 Å². The fourth-order valence-corrected chi connectivity index (χ4v) is 4.75. The molecule has 0 aliphatic heterocycles. The van der Waals surface area contributed by atoms with Crippen molar-refractivity contribution in [2.75, 3.05) is 0 Å². The Kier molecular flexibility index (Phi) is 7.86. The molecule has 0 bridgehead atoms. The van der Waals surface area contributed by atoms with Gasteiger partial charge in [-0.25, -0.2) is 0 Å². The van der Waals surface area contributed by atoms with Gasteiger partial charge in [-0.1, -0.05) is 41.5 Å². The maximum absolute atomic E-state index is 11.6. The topological polar surface area (TPSA) is 62.1 Å². The summed E-state index contributed by atoms with van der Waals surface area (Å²) in [6.45, 7) is 20.6. The fourth-order valence-electron chi connectivity index (χ4n) is 1.91. The van der Waals surface area contributed by atoms with Crippen LogP contribution in [0.4, 0.5) is 0 Å². The number of hydrogen-bond donors (Lipinski definition) is 1. The number of nitriles is 1. The second kappa shape index (κ2) is 8.04. The van der Waals surface area contributed by atoms with Crippen LogP contribution in [0.5, 0.6) is 0 Å². The number of thioether (sulfide) groups is 1. The molecule has 3 atom stereocenters. The molecular formula is C17H34N2O2SSi. The molecule has 4 nitrogen and oxygen atoms in total. The molecule has 0 rings (SSSR count). The largest absolute Gasteiger partial charge is 0.413 e. The molecule has 0 fully saturated rings. The van der Waals surface area contributed by atoms with Crippen LogP contribution in [0.2, 0.25) is 18.1 Å². The van der Waals surface area contributed by atoms with E-state index in [1.165, 1.54) is 6.92 Å². The maximum Gasteiger partial charge on any atom is 0.217 e. The van der Waals surface area contributed by atoms with Crippen molar-refractivity contribution in [1.29, 1.82) is 5.26 Å². The molecule has 0 heterocycles. The lowest BCUT2D eigenvalue weighted by Crippen LogP contribution is -2.49. The Morgan fingerprint density at radius 1 is 1.22 bits per heavy atom. The van der Waals surface area contributed by atoms with Crippen LogP contribution < -0.4 is 5.32 Å². The number of nitrogens with one attached hydrogen (secondary N) is 1. The lowest BCUT2D eigenvalue weighted by molar-refractivity contribution is -0.119. The molecule has 0 saturated carbocycles. The highest BCUT2D eigenvalue weighted by Gasteiger charge is 2.41. The van der Waals surface area contributed by atoms with Crippen molar-refractivity contribution in [1.82, 2.24) is 5.32 Å². The summed E-state index contributed by atoms with van der Waals surface area (Å²) in [4.78, 5) is 11.6. The maximum atomic E-state index is 11.6. The van der Waals surface area contributed by atoms with E-state index in [9.17, 15) is 10.1 Å². The van der Waals surface area contributed by atoms with E-state index in [4.69, 9.17) is 4.43 Å². The van der Waals surface area contributed by atoms with Crippen LogP contribution in [0.25, 0.3) is 0 Å². The monoisotopic (exact) mass is 358 g/mol. The van der Waals surface area contributed by atoms with Gasteiger partial charge in [0.1, 0.15) is 5.92 Å². The molecule has 0 unspecified atom stereocenters. The van der Waals surface area contributed by atoms with Crippen molar-refractivity contribution in [2.45, 2.75) is 89.7 Å². The molecule has 0 saturated heterocycles. The lowest BCUT2D eigenvalue weighted by Gasteiger charge is -2.41. The molecule has 0 radical (unpaired) electrons. The zero-order valence-electron chi connectivity index (χ0n) is 16.4. The van der Waals surface area contributed by atoms with Crippen molar-refractivity contribution in [2.24, 2.45) is 5.92 Å². The highest BCUT2D eigenvalue weighted by atomic mass is 32.2. The summed E-state index contributed by atoms with van der Waals surface area (Å²) in [6.07, 6.45) is -0.229.